The molecule has 0 radical (unpaired) electrons. The monoisotopic (exact) mass is 186 g/mol. The zero-order chi connectivity index (χ0) is 5.98. The van der Waals surface area contributed by atoms with Gasteiger partial charge in [0.05, 0.1) is 0 Å². The SMILES string of the molecule is C[C@@H]1CN(C)CCN1.Cl.Cl. The molecule has 0 aromatic rings. The molecule has 0 aliphatic carbocycles. The van der Waals surface area contributed by atoms with E-state index in [2.05, 4.69) is 24.2 Å². The fourth-order valence-electron chi connectivity index (χ4n) is 1.13. The molecule has 1 aliphatic rings. The van der Waals surface area contributed by atoms with Gasteiger partial charge in [-0.3, -0.25) is 0 Å². The molecule has 1 N–H and O–H groups in total. The van der Waals surface area contributed by atoms with Crippen LogP contribution in [0.15, 0.2) is 0 Å². The van der Waals surface area contributed by atoms with Crippen LogP contribution < -0.4 is 5.32 Å². The average molecular weight is 187 g/mol. The molecule has 1 saturated heterocycles. The number of hydrogen-bond acceptors (Lipinski definition) is 2. The predicted molar refractivity (Wildman–Crippen MR) is 49.5 cm³/mol. The van der Waals surface area contributed by atoms with Crippen molar-refractivity contribution in [3.8, 4) is 0 Å². The van der Waals surface area contributed by atoms with Gasteiger partial charge in [-0.2, -0.15) is 0 Å². The highest BCUT2D eigenvalue weighted by Crippen LogP contribution is 1.92. The highest BCUT2D eigenvalue weighted by Gasteiger charge is 2.09. The fraction of sp³-hybridized carbons (Fsp3) is 1.00. The van der Waals surface area contributed by atoms with Gasteiger partial charge in [0.15, 0.2) is 0 Å². The van der Waals surface area contributed by atoms with Crippen LogP contribution in [0.4, 0.5) is 0 Å². The van der Waals surface area contributed by atoms with Gasteiger partial charge >= 0.3 is 0 Å². The zero-order valence-corrected chi connectivity index (χ0v) is 8.10. The maximum absolute atomic E-state index is 3.37. The summed E-state index contributed by atoms with van der Waals surface area (Å²) in [6, 6.07) is 0.689. The zero-order valence-electron chi connectivity index (χ0n) is 6.46. The van der Waals surface area contributed by atoms with Crippen LogP contribution in [0, 0.1) is 0 Å². The molecule has 1 atom stereocenters. The van der Waals surface area contributed by atoms with Crippen LogP contribution in [0.3, 0.4) is 0 Å². The van der Waals surface area contributed by atoms with E-state index in [1.165, 1.54) is 13.1 Å². The number of nitrogens with zero attached hydrogens (tertiary/aromatic N) is 1. The Labute approximate surface area is 75.2 Å². The first kappa shape index (κ1) is 13.1. The second kappa shape index (κ2) is 6.23. The Bertz CT molecular complexity index is 72.1. The fourth-order valence-corrected chi connectivity index (χ4v) is 1.13. The summed E-state index contributed by atoms with van der Waals surface area (Å²) in [6.07, 6.45) is 0. The van der Waals surface area contributed by atoms with E-state index in [4.69, 9.17) is 0 Å². The number of hydrogen-bond donors (Lipinski definition) is 1. The molecular weight excluding hydrogens is 171 g/mol. The summed E-state index contributed by atoms with van der Waals surface area (Å²) in [6.45, 7) is 5.76. The normalized spacial score (nSPS) is 26.4. The number of rotatable bonds is 0. The minimum Gasteiger partial charge on any atom is -0.312 e. The van der Waals surface area contributed by atoms with Gasteiger partial charge in [-0.15, -0.1) is 24.8 Å². The lowest BCUT2D eigenvalue weighted by atomic mass is 10.2. The number of halogens is 2. The van der Waals surface area contributed by atoms with E-state index in [1.807, 2.05) is 0 Å². The first-order chi connectivity index (χ1) is 3.79. The van der Waals surface area contributed by atoms with Crippen molar-refractivity contribution in [3.63, 3.8) is 0 Å². The van der Waals surface area contributed by atoms with Crippen molar-refractivity contribution in [2.75, 3.05) is 26.7 Å². The maximum atomic E-state index is 3.37. The molecule has 0 saturated carbocycles. The van der Waals surface area contributed by atoms with Crippen LogP contribution in [-0.4, -0.2) is 37.6 Å². The topological polar surface area (TPSA) is 15.3 Å². The molecule has 0 spiro atoms. The van der Waals surface area contributed by atoms with E-state index < -0.39 is 0 Å². The third kappa shape index (κ3) is 4.34. The molecule has 4 heteroatoms. The van der Waals surface area contributed by atoms with Gasteiger partial charge in [0.1, 0.15) is 0 Å². The van der Waals surface area contributed by atoms with E-state index in [9.17, 15) is 0 Å². The predicted octanol–water partition coefficient (Wildman–Crippen LogP) is 0.753. The standard InChI is InChI=1S/C6H14N2.2ClH/c1-6-5-8(2)4-3-7-6;;/h6-7H,3-5H2,1-2H3;2*1H/t6-;;/m1../s1. The van der Waals surface area contributed by atoms with Crippen LogP contribution in [0.25, 0.3) is 0 Å². The first-order valence-corrected chi connectivity index (χ1v) is 3.21. The molecule has 1 fully saturated rings. The lowest BCUT2D eigenvalue weighted by molar-refractivity contribution is 0.248. The Kier molecular flexibility index (Phi) is 8.17. The Morgan fingerprint density at radius 1 is 1.40 bits per heavy atom. The van der Waals surface area contributed by atoms with Gasteiger partial charge in [0, 0.05) is 25.7 Å². The Balaban J connectivity index is 0. The molecule has 0 aromatic heterocycles. The average Bonchev–Trinajstić information content (AvgIpc) is 1.64. The van der Waals surface area contributed by atoms with Crippen LogP contribution in [0.5, 0.6) is 0 Å². The highest BCUT2D eigenvalue weighted by molar-refractivity contribution is 5.85. The second-order valence-electron chi connectivity index (χ2n) is 2.62. The third-order valence-corrected chi connectivity index (χ3v) is 1.57. The van der Waals surface area contributed by atoms with Gasteiger partial charge in [0.25, 0.3) is 0 Å². The van der Waals surface area contributed by atoms with Crippen molar-refractivity contribution >= 4 is 24.8 Å². The number of piperazine rings is 1. The molecule has 2 nitrogen and oxygen atoms in total. The Morgan fingerprint density at radius 3 is 2.30 bits per heavy atom. The Hall–Kier alpha value is 0.500. The summed E-state index contributed by atoms with van der Waals surface area (Å²) < 4.78 is 0. The van der Waals surface area contributed by atoms with E-state index in [-0.39, 0.29) is 24.8 Å². The molecule has 0 amide bonds. The molecule has 0 aromatic carbocycles. The summed E-state index contributed by atoms with van der Waals surface area (Å²) in [5, 5.41) is 3.37. The molecule has 0 bridgehead atoms. The lowest BCUT2D eigenvalue weighted by Crippen LogP contribution is -2.47. The second-order valence-corrected chi connectivity index (χ2v) is 2.62. The summed E-state index contributed by atoms with van der Waals surface area (Å²) in [5.41, 5.74) is 0. The molecule has 1 aliphatic heterocycles. The van der Waals surface area contributed by atoms with Crippen molar-refractivity contribution in [3.05, 3.63) is 0 Å². The van der Waals surface area contributed by atoms with Crippen LogP contribution in [0.1, 0.15) is 6.92 Å². The smallest absolute Gasteiger partial charge is 0.0167 e. The largest absolute Gasteiger partial charge is 0.312 e. The quantitative estimate of drug-likeness (QED) is 0.602. The summed E-state index contributed by atoms with van der Waals surface area (Å²) in [4.78, 5) is 2.35. The van der Waals surface area contributed by atoms with Gasteiger partial charge in [-0.25, -0.2) is 0 Å². The summed E-state index contributed by atoms with van der Waals surface area (Å²) in [5.74, 6) is 0. The van der Waals surface area contributed by atoms with Crippen LogP contribution in [-0.2, 0) is 0 Å². The maximum Gasteiger partial charge on any atom is 0.0167 e. The third-order valence-electron chi connectivity index (χ3n) is 1.57. The molecular formula is C6H16Cl2N2. The van der Waals surface area contributed by atoms with Crippen molar-refractivity contribution in [2.24, 2.45) is 0 Å². The Morgan fingerprint density at radius 2 is 2.00 bits per heavy atom. The molecule has 1 heterocycles. The molecule has 0 unspecified atom stereocenters. The van der Waals surface area contributed by atoms with Crippen LogP contribution >= 0.6 is 24.8 Å². The summed E-state index contributed by atoms with van der Waals surface area (Å²) >= 11 is 0. The molecule has 64 valence electrons. The van der Waals surface area contributed by atoms with Crippen molar-refractivity contribution in [1.29, 1.82) is 0 Å². The number of nitrogens with one attached hydrogen (secondary N) is 1. The molecule has 1 rings (SSSR count). The van der Waals surface area contributed by atoms with Gasteiger partial charge in [0.2, 0.25) is 0 Å². The number of likely N-dealkylation sites (N-methyl/N-ethyl adjacent to an activating group) is 1. The van der Waals surface area contributed by atoms with Crippen molar-refractivity contribution < 1.29 is 0 Å². The van der Waals surface area contributed by atoms with Gasteiger partial charge in [-0.1, -0.05) is 0 Å². The minimum atomic E-state index is 0. The van der Waals surface area contributed by atoms with E-state index in [1.54, 1.807) is 0 Å². The van der Waals surface area contributed by atoms with Gasteiger partial charge < -0.3 is 10.2 Å². The van der Waals surface area contributed by atoms with Crippen molar-refractivity contribution in [1.82, 2.24) is 10.2 Å². The lowest BCUT2D eigenvalue weighted by Gasteiger charge is -2.28. The van der Waals surface area contributed by atoms with Crippen LogP contribution in [0.2, 0.25) is 0 Å². The van der Waals surface area contributed by atoms with Crippen molar-refractivity contribution in [2.45, 2.75) is 13.0 Å². The van der Waals surface area contributed by atoms with E-state index >= 15 is 0 Å². The first-order valence-electron chi connectivity index (χ1n) is 3.21. The van der Waals surface area contributed by atoms with E-state index in [0.29, 0.717) is 6.04 Å². The van der Waals surface area contributed by atoms with Gasteiger partial charge in [-0.05, 0) is 14.0 Å². The highest BCUT2D eigenvalue weighted by atomic mass is 35.5. The summed E-state index contributed by atoms with van der Waals surface area (Å²) in [7, 11) is 2.16. The molecule has 10 heavy (non-hydrogen) atoms. The minimum absolute atomic E-state index is 0. The van der Waals surface area contributed by atoms with E-state index in [0.717, 1.165) is 6.54 Å².